The Hall–Kier alpha value is -0.970. The lowest BCUT2D eigenvalue weighted by Gasteiger charge is -2.23. The summed E-state index contributed by atoms with van der Waals surface area (Å²) in [6.45, 7) is 3.60. The van der Waals surface area contributed by atoms with Gasteiger partial charge in [-0.2, -0.15) is 0 Å². The van der Waals surface area contributed by atoms with Crippen LogP contribution in [0.5, 0.6) is 0 Å². The second-order valence-corrected chi connectivity index (χ2v) is 4.69. The number of alkyl halides is 1. The smallest absolute Gasteiger partial charge is 0.251 e. The minimum Gasteiger partial charge on any atom is -0.346 e. The summed E-state index contributed by atoms with van der Waals surface area (Å²) in [5, 5.41) is 3.20. The molecule has 1 N–H and O–H groups in total. The molecule has 0 saturated carbocycles. The van der Waals surface area contributed by atoms with Crippen LogP contribution in [-0.2, 0) is 0 Å². The minimum atomic E-state index is -0.762. The van der Waals surface area contributed by atoms with E-state index in [-0.39, 0.29) is 5.56 Å². The Kier molecular flexibility index (Phi) is 4.02. The Morgan fingerprint density at radius 3 is 2.25 bits per heavy atom. The van der Waals surface area contributed by atoms with E-state index in [1.165, 1.54) is 0 Å². The van der Waals surface area contributed by atoms with Gasteiger partial charge in [0, 0.05) is 22.5 Å². The van der Waals surface area contributed by atoms with E-state index >= 15 is 0 Å². The second-order valence-electron chi connectivity index (χ2n) is 4.13. The van der Waals surface area contributed by atoms with Crippen molar-refractivity contribution in [2.45, 2.75) is 19.4 Å². The van der Waals surface area contributed by atoms with E-state index in [9.17, 15) is 13.6 Å². The van der Waals surface area contributed by atoms with Gasteiger partial charge < -0.3 is 5.32 Å². The lowest BCUT2D eigenvalue weighted by atomic mass is 10.1. The molecule has 88 valence electrons. The summed E-state index contributed by atoms with van der Waals surface area (Å²) in [5.74, 6) is -2.02. The predicted octanol–water partition coefficient (Wildman–Crippen LogP) is 2.87. The van der Waals surface area contributed by atoms with Crippen molar-refractivity contribution < 1.29 is 13.6 Å². The molecule has 1 rings (SSSR count). The molecule has 0 atom stereocenters. The first-order valence-corrected chi connectivity index (χ1v) is 5.81. The van der Waals surface area contributed by atoms with Crippen molar-refractivity contribution in [3.05, 3.63) is 35.4 Å². The second kappa shape index (κ2) is 4.91. The summed E-state index contributed by atoms with van der Waals surface area (Å²) in [5.41, 5.74) is -0.494. The van der Waals surface area contributed by atoms with E-state index in [1.54, 1.807) is 13.8 Å². The third-order valence-electron chi connectivity index (χ3n) is 1.91. The lowest BCUT2D eigenvalue weighted by molar-refractivity contribution is 0.0920. The van der Waals surface area contributed by atoms with Crippen LogP contribution in [-0.4, -0.2) is 16.8 Å². The molecule has 16 heavy (non-hydrogen) atoms. The molecule has 0 aliphatic rings. The lowest BCUT2D eigenvalue weighted by Crippen LogP contribution is -2.44. The quantitative estimate of drug-likeness (QED) is 0.853. The molecular formula is C11H12BrF2NO. The molecule has 0 saturated heterocycles. The number of halogens is 3. The number of benzene rings is 1. The van der Waals surface area contributed by atoms with Crippen LogP contribution >= 0.6 is 15.9 Å². The number of amides is 1. The highest BCUT2D eigenvalue weighted by molar-refractivity contribution is 9.09. The van der Waals surface area contributed by atoms with E-state index in [2.05, 4.69) is 21.2 Å². The van der Waals surface area contributed by atoms with E-state index in [0.29, 0.717) is 5.33 Å². The number of carbonyl (C=O) groups is 1. The molecular weight excluding hydrogens is 280 g/mol. The standard InChI is InChI=1S/C11H12BrF2NO/c1-11(2,6-12)15-10(16)7-3-8(13)5-9(14)4-7/h3-5H,6H2,1-2H3,(H,15,16). The van der Waals surface area contributed by atoms with E-state index in [1.807, 2.05) is 0 Å². The Balaban J connectivity index is 2.89. The van der Waals surface area contributed by atoms with Crippen LogP contribution in [0.15, 0.2) is 18.2 Å². The van der Waals surface area contributed by atoms with Gasteiger partial charge in [0.2, 0.25) is 0 Å². The number of nitrogens with one attached hydrogen (secondary N) is 1. The monoisotopic (exact) mass is 291 g/mol. The van der Waals surface area contributed by atoms with Crippen molar-refractivity contribution in [1.29, 1.82) is 0 Å². The zero-order valence-corrected chi connectivity index (χ0v) is 10.6. The summed E-state index contributed by atoms with van der Waals surface area (Å²) in [6, 6.07) is 2.73. The topological polar surface area (TPSA) is 29.1 Å². The van der Waals surface area contributed by atoms with Crippen LogP contribution in [0, 0.1) is 11.6 Å². The fraction of sp³-hybridized carbons (Fsp3) is 0.364. The van der Waals surface area contributed by atoms with Gasteiger partial charge in [-0.25, -0.2) is 8.78 Å². The maximum atomic E-state index is 12.9. The van der Waals surface area contributed by atoms with E-state index in [0.717, 1.165) is 18.2 Å². The number of carbonyl (C=O) groups excluding carboxylic acids is 1. The van der Waals surface area contributed by atoms with Crippen molar-refractivity contribution in [1.82, 2.24) is 5.32 Å². The highest BCUT2D eigenvalue weighted by Crippen LogP contribution is 2.11. The molecule has 2 nitrogen and oxygen atoms in total. The van der Waals surface area contributed by atoms with Gasteiger partial charge in [-0.3, -0.25) is 4.79 Å². The van der Waals surface area contributed by atoms with Crippen LogP contribution in [0.4, 0.5) is 8.78 Å². The van der Waals surface area contributed by atoms with Crippen molar-refractivity contribution in [3.63, 3.8) is 0 Å². The van der Waals surface area contributed by atoms with Gasteiger partial charge in [0.1, 0.15) is 11.6 Å². The summed E-state index contributed by atoms with van der Waals surface area (Å²) >= 11 is 3.24. The summed E-state index contributed by atoms with van der Waals surface area (Å²) in [4.78, 5) is 11.7. The Bertz CT molecular complexity index is 387. The molecule has 0 unspecified atom stereocenters. The first-order valence-electron chi connectivity index (χ1n) is 4.68. The fourth-order valence-electron chi connectivity index (χ4n) is 1.10. The van der Waals surface area contributed by atoms with Crippen LogP contribution in [0.25, 0.3) is 0 Å². The zero-order valence-electron chi connectivity index (χ0n) is 8.98. The van der Waals surface area contributed by atoms with E-state index in [4.69, 9.17) is 0 Å². The van der Waals surface area contributed by atoms with Crippen molar-refractivity contribution in [2.75, 3.05) is 5.33 Å². The third-order valence-corrected chi connectivity index (χ3v) is 3.31. The molecule has 0 aromatic heterocycles. The predicted molar refractivity (Wildman–Crippen MR) is 61.7 cm³/mol. The Morgan fingerprint density at radius 1 is 1.31 bits per heavy atom. The van der Waals surface area contributed by atoms with Gasteiger partial charge in [-0.05, 0) is 26.0 Å². The molecule has 1 aromatic rings. The molecule has 1 aromatic carbocycles. The number of hydrogen-bond donors (Lipinski definition) is 1. The first-order chi connectivity index (χ1) is 7.34. The highest BCUT2D eigenvalue weighted by atomic mass is 79.9. The fourth-order valence-corrected chi connectivity index (χ4v) is 1.24. The van der Waals surface area contributed by atoms with Crippen LogP contribution < -0.4 is 5.32 Å². The highest BCUT2D eigenvalue weighted by Gasteiger charge is 2.20. The number of hydrogen-bond acceptors (Lipinski definition) is 1. The molecule has 0 radical (unpaired) electrons. The summed E-state index contributed by atoms with van der Waals surface area (Å²) < 4.78 is 25.7. The molecule has 5 heteroatoms. The third kappa shape index (κ3) is 3.56. The summed E-state index contributed by atoms with van der Waals surface area (Å²) in [7, 11) is 0. The summed E-state index contributed by atoms with van der Waals surface area (Å²) in [6.07, 6.45) is 0. The average molecular weight is 292 g/mol. The Morgan fingerprint density at radius 2 is 1.81 bits per heavy atom. The van der Waals surface area contributed by atoms with Crippen LogP contribution in [0.2, 0.25) is 0 Å². The molecule has 0 bridgehead atoms. The largest absolute Gasteiger partial charge is 0.346 e. The minimum absolute atomic E-state index is 0.0217. The van der Waals surface area contributed by atoms with Crippen molar-refractivity contribution in [3.8, 4) is 0 Å². The van der Waals surface area contributed by atoms with E-state index < -0.39 is 23.1 Å². The molecule has 0 heterocycles. The SMILES string of the molecule is CC(C)(CBr)NC(=O)c1cc(F)cc(F)c1. The van der Waals surface area contributed by atoms with Crippen LogP contribution in [0.1, 0.15) is 24.2 Å². The van der Waals surface area contributed by atoms with Gasteiger partial charge in [0.15, 0.2) is 0 Å². The molecule has 0 fully saturated rings. The normalized spacial score (nSPS) is 11.3. The zero-order chi connectivity index (χ0) is 12.3. The van der Waals surface area contributed by atoms with Gasteiger partial charge in [-0.1, -0.05) is 15.9 Å². The van der Waals surface area contributed by atoms with Crippen molar-refractivity contribution in [2.24, 2.45) is 0 Å². The number of rotatable bonds is 3. The molecule has 0 spiro atoms. The maximum absolute atomic E-state index is 12.9. The molecule has 0 aliphatic carbocycles. The van der Waals surface area contributed by atoms with Gasteiger partial charge in [-0.15, -0.1) is 0 Å². The molecule has 1 amide bonds. The maximum Gasteiger partial charge on any atom is 0.251 e. The van der Waals surface area contributed by atoms with Gasteiger partial charge in [0.25, 0.3) is 5.91 Å². The average Bonchev–Trinajstić information content (AvgIpc) is 2.15. The Labute approximate surface area is 101 Å². The van der Waals surface area contributed by atoms with Crippen LogP contribution in [0.3, 0.4) is 0 Å². The van der Waals surface area contributed by atoms with Gasteiger partial charge in [0.05, 0.1) is 0 Å². The van der Waals surface area contributed by atoms with Crippen molar-refractivity contribution >= 4 is 21.8 Å². The first kappa shape index (κ1) is 13.1. The van der Waals surface area contributed by atoms with Gasteiger partial charge >= 0.3 is 0 Å². The molecule has 0 aliphatic heterocycles.